The van der Waals surface area contributed by atoms with Gasteiger partial charge in [-0.25, -0.2) is 0 Å². The predicted molar refractivity (Wildman–Crippen MR) is 219 cm³/mol. The highest BCUT2D eigenvalue weighted by Gasteiger charge is 2.72. The summed E-state index contributed by atoms with van der Waals surface area (Å²) in [6, 6.07) is 0. The van der Waals surface area contributed by atoms with E-state index in [1.54, 1.807) is 7.11 Å². The van der Waals surface area contributed by atoms with E-state index in [2.05, 4.69) is 67.5 Å². The zero-order valence-electron chi connectivity index (χ0n) is 37.7. The number of aliphatic hydroxyl groups excluding tert-OH is 5. The summed E-state index contributed by atoms with van der Waals surface area (Å²) < 4.78 is 42.3. The second-order valence-electron chi connectivity index (χ2n) is 20.5. The van der Waals surface area contributed by atoms with Gasteiger partial charge in [-0.05, 0) is 92.8 Å². The fourth-order valence-corrected chi connectivity index (χ4v) is 13.1. The third-order valence-corrected chi connectivity index (χ3v) is 16.3. The molecule has 0 aromatic heterocycles. The molecule has 0 aromatic carbocycles. The molecule has 0 aromatic rings. The zero-order valence-corrected chi connectivity index (χ0v) is 37.7. The molecule has 5 N–H and O–H groups in total. The van der Waals surface area contributed by atoms with Gasteiger partial charge in [-0.3, -0.25) is 9.59 Å². The molecule has 14 nitrogen and oxygen atoms in total. The van der Waals surface area contributed by atoms with E-state index >= 15 is 0 Å². The highest BCUT2D eigenvalue weighted by Crippen LogP contribution is 2.75. The van der Waals surface area contributed by atoms with Gasteiger partial charge in [0.1, 0.15) is 43.2 Å². The van der Waals surface area contributed by atoms with Crippen molar-refractivity contribution in [2.75, 3.05) is 20.3 Å². The van der Waals surface area contributed by atoms with Crippen molar-refractivity contribution in [3.63, 3.8) is 0 Å². The predicted octanol–water partition coefficient (Wildman–Crippen LogP) is 4.36. The van der Waals surface area contributed by atoms with Crippen LogP contribution in [0.2, 0.25) is 0 Å². The van der Waals surface area contributed by atoms with E-state index in [1.165, 1.54) is 25.0 Å². The van der Waals surface area contributed by atoms with Crippen molar-refractivity contribution in [3.05, 3.63) is 23.3 Å². The lowest BCUT2D eigenvalue weighted by molar-refractivity contribution is -0.316. The maximum Gasteiger partial charge on any atom is 0.303 e. The average Bonchev–Trinajstić information content (AvgIpc) is 3.40. The first-order chi connectivity index (χ1) is 28.0. The molecule has 6 aliphatic rings. The van der Waals surface area contributed by atoms with E-state index in [4.69, 9.17) is 33.2 Å². The van der Waals surface area contributed by atoms with Gasteiger partial charge in [-0.2, -0.15) is 0 Å². The number of esters is 2. The van der Waals surface area contributed by atoms with E-state index < -0.39 is 72.7 Å². The standard InChI is InChI=1S/C46H74O14/c1-23(2)13-12-14-24(3)34-30(58-42-39(53)37(51)35(49)32(59-42)21-55-25(4)47)20-46(10)40-29(54-11)19-28-27(44(40,8)17-18-45(34,46)9)15-16-33(43(28,6)7)60-41-38(52)36(50)31(22-56-41)57-26(5)48/h13,19,24,27,29-42,49-53H,12,14-18,20-22H2,1-11H3/t24-,27+,29-,30-,31-,32-,33?,34+,35-,36+,37+,38-,39-,40?,41+,42-,44-,45-,46+/m1/s1. The molecule has 6 rings (SSSR count). The summed E-state index contributed by atoms with van der Waals surface area (Å²) in [4.78, 5) is 23.2. The largest absolute Gasteiger partial charge is 0.463 e. The molecular formula is C46H74O14. The van der Waals surface area contributed by atoms with Gasteiger partial charge in [0, 0.05) is 32.3 Å². The van der Waals surface area contributed by atoms with Crippen molar-refractivity contribution < 1.29 is 68.3 Å². The van der Waals surface area contributed by atoms with Gasteiger partial charge < -0.3 is 58.7 Å². The number of hydrogen-bond acceptors (Lipinski definition) is 14. The fraction of sp³-hybridized carbons (Fsp3) is 0.870. The molecule has 2 heterocycles. The maximum atomic E-state index is 11.7. The van der Waals surface area contributed by atoms with Crippen molar-refractivity contribution in [3.8, 4) is 0 Å². The van der Waals surface area contributed by atoms with Gasteiger partial charge in [-0.1, -0.05) is 64.8 Å². The number of carbonyl (C=O) groups is 2. The van der Waals surface area contributed by atoms with E-state index in [0.717, 1.165) is 32.1 Å². The Morgan fingerprint density at radius 1 is 0.850 bits per heavy atom. The van der Waals surface area contributed by atoms with E-state index in [-0.39, 0.29) is 71.4 Å². The summed E-state index contributed by atoms with van der Waals surface area (Å²) in [6.45, 7) is 20.2. The molecule has 2 unspecified atom stereocenters. The molecule has 2 aliphatic heterocycles. The summed E-state index contributed by atoms with van der Waals surface area (Å²) in [7, 11) is 1.78. The van der Waals surface area contributed by atoms with Gasteiger partial charge in [-0.15, -0.1) is 0 Å². The Balaban J connectivity index is 1.31. The maximum absolute atomic E-state index is 11.7. The quantitative estimate of drug-likeness (QED) is 0.137. The molecule has 5 fully saturated rings. The average molecular weight is 851 g/mol. The molecule has 342 valence electrons. The molecule has 0 spiro atoms. The number of allylic oxidation sites excluding steroid dienone is 2. The molecule has 19 atom stereocenters. The van der Waals surface area contributed by atoms with Crippen molar-refractivity contribution in [1.29, 1.82) is 0 Å². The van der Waals surface area contributed by atoms with Gasteiger partial charge in [0.25, 0.3) is 0 Å². The van der Waals surface area contributed by atoms with Crippen molar-refractivity contribution in [2.24, 2.45) is 45.3 Å². The number of ether oxygens (including phenoxy) is 7. The van der Waals surface area contributed by atoms with Crippen LogP contribution in [0.1, 0.15) is 114 Å². The lowest BCUT2D eigenvalue weighted by Gasteiger charge is -2.67. The summed E-state index contributed by atoms with van der Waals surface area (Å²) >= 11 is 0. The van der Waals surface area contributed by atoms with Crippen LogP contribution in [0.15, 0.2) is 23.3 Å². The number of aliphatic hydroxyl groups is 5. The first-order valence-corrected chi connectivity index (χ1v) is 22.2. The van der Waals surface area contributed by atoms with Crippen LogP contribution in [-0.2, 0) is 42.7 Å². The SMILES string of the molecule is CO[C@@H]1C=C2[C@H](CCC(O[C@@H]3OC[C@@H](OC(C)=O)[C@H](O)[C@H]3O)C2(C)C)[C@@]2(C)CC[C@]3(C)[C@@H]([C@H](C)CCC=C(C)C)[C@H](O[C@@H]4O[C@H](COC(C)=O)[C@@H](O)[C@H](O)[C@H]4O)C[C@@]3(C)C12. The number of rotatable bonds is 12. The van der Waals surface area contributed by atoms with Gasteiger partial charge in [0.05, 0.1) is 24.9 Å². The van der Waals surface area contributed by atoms with Gasteiger partial charge in [0.15, 0.2) is 18.7 Å². The number of carbonyl (C=O) groups excluding carboxylic acids is 2. The minimum Gasteiger partial charge on any atom is -0.463 e. The Labute approximate surface area is 356 Å². The first kappa shape index (κ1) is 47.5. The Morgan fingerprint density at radius 3 is 2.17 bits per heavy atom. The molecule has 14 heteroatoms. The molecule has 0 amide bonds. The molecule has 2 saturated heterocycles. The number of methoxy groups -OCH3 is 1. The van der Waals surface area contributed by atoms with Crippen LogP contribution in [0.5, 0.6) is 0 Å². The summed E-state index contributed by atoms with van der Waals surface area (Å²) in [5.41, 5.74) is 1.31. The van der Waals surface area contributed by atoms with Crippen LogP contribution in [0.25, 0.3) is 0 Å². The first-order valence-electron chi connectivity index (χ1n) is 22.2. The van der Waals surface area contributed by atoms with E-state index in [0.29, 0.717) is 12.8 Å². The van der Waals surface area contributed by atoms with Crippen LogP contribution in [0.4, 0.5) is 0 Å². The Kier molecular flexibility index (Phi) is 14.2. The zero-order chi connectivity index (χ0) is 44.3. The normalized spacial score (nSPS) is 46.5. The Bertz CT molecular complexity index is 1610. The number of hydrogen-bond donors (Lipinski definition) is 5. The summed E-state index contributed by atoms with van der Waals surface area (Å²) in [6.07, 6.45) is -2.16. The van der Waals surface area contributed by atoms with Gasteiger partial charge in [0.2, 0.25) is 0 Å². The number of fused-ring (bicyclic) bond motifs is 5. The molecule has 0 radical (unpaired) electrons. The topological polar surface area (TPSA) is 200 Å². The second-order valence-corrected chi connectivity index (χ2v) is 20.5. The van der Waals surface area contributed by atoms with Crippen molar-refractivity contribution >= 4 is 11.9 Å². The third kappa shape index (κ3) is 8.41. The molecule has 3 saturated carbocycles. The molecule has 4 aliphatic carbocycles. The van der Waals surface area contributed by atoms with E-state index in [9.17, 15) is 35.1 Å². The van der Waals surface area contributed by atoms with Gasteiger partial charge >= 0.3 is 11.9 Å². The molecular weight excluding hydrogens is 776 g/mol. The smallest absolute Gasteiger partial charge is 0.303 e. The highest BCUT2D eigenvalue weighted by molar-refractivity contribution is 5.66. The minimum absolute atomic E-state index is 0.0468. The summed E-state index contributed by atoms with van der Waals surface area (Å²) in [5, 5.41) is 54.8. The van der Waals surface area contributed by atoms with Crippen LogP contribution in [-0.4, -0.2) is 131 Å². The molecule has 60 heavy (non-hydrogen) atoms. The van der Waals surface area contributed by atoms with E-state index in [1.807, 2.05) is 0 Å². The lowest BCUT2D eigenvalue weighted by Crippen LogP contribution is -2.63. The lowest BCUT2D eigenvalue weighted by atomic mass is 9.38. The molecule has 0 bridgehead atoms. The van der Waals surface area contributed by atoms with Crippen LogP contribution in [0.3, 0.4) is 0 Å². The minimum atomic E-state index is -1.56. The Morgan fingerprint density at radius 2 is 1.53 bits per heavy atom. The third-order valence-electron chi connectivity index (χ3n) is 16.3. The van der Waals surface area contributed by atoms with Crippen LogP contribution >= 0.6 is 0 Å². The second kappa shape index (κ2) is 17.9. The fourth-order valence-electron chi connectivity index (χ4n) is 13.1. The monoisotopic (exact) mass is 851 g/mol. The van der Waals surface area contributed by atoms with Crippen LogP contribution in [0, 0.1) is 45.3 Å². The van der Waals surface area contributed by atoms with Crippen molar-refractivity contribution in [2.45, 2.75) is 188 Å². The van der Waals surface area contributed by atoms with Crippen molar-refractivity contribution in [1.82, 2.24) is 0 Å². The van der Waals surface area contributed by atoms with Crippen LogP contribution < -0.4 is 0 Å². The highest BCUT2D eigenvalue weighted by atomic mass is 16.7. The Hall–Kier alpha value is -1.98. The summed E-state index contributed by atoms with van der Waals surface area (Å²) in [5.74, 6) is -0.565.